The van der Waals surface area contributed by atoms with E-state index in [4.69, 9.17) is 10.00 Å². The van der Waals surface area contributed by atoms with Crippen LogP contribution in [0.2, 0.25) is 0 Å². The highest BCUT2D eigenvalue weighted by Crippen LogP contribution is 2.41. The average molecular weight is 459 g/mol. The number of benzene rings is 3. The fraction of sp³-hybridized carbons (Fsp3) is 0.345. The summed E-state index contributed by atoms with van der Waals surface area (Å²) in [4.78, 5) is 2.39. The Labute approximate surface area is 201 Å². The maximum atomic E-state index is 14.1. The third-order valence-corrected chi connectivity index (χ3v) is 6.85. The van der Waals surface area contributed by atoms with Gasteiger partial charge in [-0.25, -0.2) is 4.39 Å². The van der Waals surface area contributed by atoms with E-state index in [-0.39, 0.29) is 23.3 Å². The summed E-state index contributed by atoms with van der Waals surface area (Å²) < 4.78 is 19.9. The van der Waals surface area contributed by atoms with E-state index in [2.05, 4.69) is 4.90 Å². The quantitative estimate of drug-likeness (QED) is 0.484. The lowest BCUT2D eigenvalue weighted by Crippen LogP contribution is -2.44. The monoisotopic (exact) mass is 458 g/mol. The van der Waals surface area contributed by atoms with E-state index in [1.807, 2.05) is 73.7 Å². The zero-order valence-electron chi connectivity index (χ0n) is 19.5. The predicted molar refractivity (Wildman–Crippen MR) is 131 cm³/mol. The van der Waals surface area contributed by atoms with E-state index in [1.54, 1.807) is 6.07 Å². The Hall–Kier alpha value is -3.20. The van der Waals surface area contributed by atoms with Crippen molar-refractivity contribution in [2.45, 2.75) is 37.9 Å². The smallest absolute Gasteiger partial charge is 0.166 e. The van der Waals surface area contributed by atoms with Crippen LogP contribution in [0.5, 0.6) is 5.75 Å². The van der Waals surface area contributed by atoms with Gasteiger partial charge >= 0.3 is 0 Å². The Morgan fingerprint density at radius 2 is 1.62 bits per heavy atom. The molecule has 1 aliphatic heterocycles. The van der Waals surface area contributed by atoms with Crippen molar-refractivity contribution in [3.8, 4) is 11.8 Å². The second-order valence-electron chi connectivity index (χ2n) is 9.09. The van der Waals surface area contributed by atoms with Gasteiger partial charge in [0.15, 0.2) is 11.6 Å². The number of halogens is 1. The molecule has 1 atom stereocenters. The summed E-state index contributed by atoms with van der Waals surface area (Å²) in [5.74, 6) is -0.205. The van der Waals surface area contributed by atoms with Crippen molar-refractivity contribution in [1.82, 2.24) is 4.90 Å². The molecule has 1 aliphatic rings. The lowest BCUT2D eigenvalue weighted by Gasteiger charge is -2.42. The zero-order valence-corrected chi connectivity index (χ0v) is 19.5. The first-order chi connectivity index (χ1) is 16.5. The molecule has 1 heterocycles. The van der Waals surface area contributed by atoms with Crippen LogP contribution in [0.15, 0.2) is 78.9 Å². The first kappa shape index (κ1) is 23.9. The lowest BCUT2D eigenvalue weighted by atomic mass is 9.72. The molecule has 176 valence electrons. The SMILES string of the molecule is CC(CCN1CCC(C(O)(c2ccccc2)c2ccccc2)CC1)Oc1ccc(C#N)cc1F. The normalized spacial score (nSPS) is 16.1. The maximum Gasteiger partial charge on any atom is 0.166 e. The Morgan fingerprint density at radius 1 is 1.03 bits per heavy atom. The Bertz CT molecular complexity index is 1070. The molecule has 0 saturated carbocycles. The van der Waals surface area contributed by atoms with Gasteiger partial charge in [-0.3, -0.25) is 0 Å². The minimum absolute atomic E-state index is 0.120. The fourth-order valence-electron chi connectivity index (χ4n) is 4.90. The number of nitrogens with zero attached hydrogens (tertiary/aromatic N) is 2. The first-order valence-corrected chi connectivity index (χ1v) is 11.9. The van der Waals surface area contributed by atoms with Crippen molar-refractivity contribution in [2.24, 2.45) is 5.92 Å². The molecule has 1 N–H and O–H groups in total. The van der Waals surface area contributed by atoms with Crippen molar-refractivity contribution < 1.29 is 14.2 Å². The van der Waals surface area contributed by atoms with Gasteiger partial charge in [0.25, 0.3) is 0 Å². The minimum Gasteiger partial charge on any atom is -0.488 e. The summed E-state index contributed by atoms with van der Waals surface area (Å²) in [5, 5.41) is 20.9. The Morgan fingerprint density at radius 3 is 2.15 bits per heavy atom. The molecule has 0 bridgehead atoms. The highest BCUT2D eigenvalue weighted by atomic mass is 19.1. The molecular weight excluding hydrogens is 427 g/mol. The summed E-state index contributed by atoms with van der Waals surface area (Å²) in [7, 11) is 0. The number of piperidine rings is 1. The highest BCUT2D eigenvalue weighted by molar-refractivity contribution is 5.37. The molecule has 3 aromatic carbocycles. The van der Waals surface area contributed by atoms with E-state index >= 15 is 0 Å². The highest BCUT2D eigenvalue weighted by Gasteiger charge is 2.41. The molecule has 0 aliphatic carbocycles. The van der Waals surface area contributed by atoms with E-state index in [0.29, 0.717) is 0 Å². The zero-order chi connectivity index (χ0) is 24.0. The van der Waals surface area contributed by atoms with Gasteiger partial charge in [-0.15, -0.1) is 0 Å². The van der Waals surface area contributed by atoms with Crippen molar-refractivity contribution in [3.63, 3.8) is 0 Å². The largest absolute Gasteiger partial charge is 0.488 e. The Balaban J connectivity index is 1.35. The van der Waals surface area contributed by atoms with Crippen LogP contribution in [-0.2, 0) is 5.60 Å². The molecular formula is C29H31FN2O2. The molecule has 0 radical (unpaired) electrons. The van der Waals surface area contributed by atoms with Crippen LogP contribution in [0.25, 0.3) is 0 Å². The van der Waals surface area contributed by atoms with Crippen molar-refractivity contribution >= 4 is 0 Å². The van der Waals surface area contributed by atoms with Crippen molar-refractivity contribution in [3.05, 3.63) is 101 Å². The molecule has 4 rings (SSSR count). The van der Waals surface area contributed by atoms with Crippen LogP contribution in [-0.4, -0.2) is 35.7 Å². The summed E-state index contributed by atoms with van der Waals surface area (Å²) in [5.41, 5.74) is 1.14. The van der Waals surface area contributed by atoms with Crippen LogP contribution in [0.4, 0.5) is 4.39 Å². The van der Waals surface area contributed by atoms with Crippen LogP contribution in [0, 0.1) is 23.1 Å². The number of hydrogen-bond donors (Lipinski definition) is 1. The average Bonchev–Trinajstić information content (AvgIpc) is 2.89. The molecule has 0 amide bonds. The number of ether oxygens (including phenoxy) is 1. The molecule has 34 heavy (non-hydrogen) atoms. The van der Waals surface area contributed by atoms with Crippen LogP contribution < -0.4 is 4.74 Å². The van der Waals surface area contributed by atoms with Crippen LogP contribution >= 0.6 is 0 Å². The van der Waals surface area contributed by atoms with E-state index in [0.717, 1.165) is 50.0 Å². The van der Waals surface area contributed by atoms with Gasteiger partial charge in [0.1, 0.15) is 5.60 Å². The van der Waals surface area contributed by atoms with Crippen LogP contribution in [0.3, 0.4) is 0 Å². The van der Waals surface area contributed by atoms with E-state index in [1.165, 1.54) is 12.1 Å². The van der Waals surface area contributed by atoms with Gasteiger partial charge in [0.2, 0.25) is 0 Å². The van der Waals surface area contributed by atoms with Gasteiger partial charge in [-0.1, -0.05) is 60.7 Å². The van der Waals surface area contributed by atoms with Gasteiger partial charge in [0, 0.05) is 6.54 Å². The maximum absolute atomic E-state index is 14.1. The Kier molecular flexibility index (Phi) is 7.62. The predicted octanol–water partition coefficient (Wildman–Crippen LogP) is 5.50. The minimum atomic E-state index is -1.02. The third-order valence-electron chi connectivity index (χ3n) is 6.85. The first-order valence-electron chi connectivity index (χ1n) is 11.9. The molecule has 1 saturated heterocycles. The summed E-state index contributed by atoms with van der Waals surface area (Å²) in [6, 6.07) is 26.2. The van der Waals surface area contributed by atoms with E-state index < -0.39 is 11.4 Å². The second kappa shape index (κ2) is 10.8. The number of hydrogen-bond acceptors (Lipinski definition) is 4. The molecule has 1 fully saturated rings. The summed E-state index contributed by atoms with van der Waals surface area (Å²) >= 11 is 0. The number of nitriles is 1. The van der Waals surface area contributed by atoms with Gasteiger partial charge in [-0.2, -0.15) is 5.26 Å². The second-order valence-corrected chi connectivity index (χ2v) is 9.09. The number of rotatable bonds is 8. The van der Waals surface area contributed by atoms with Gasteiger partial charge in [-0.05, 0) is 74.5 Å². The fourth-order valence-corrected chi connectivity index (χ4v) is 4.90. The standard InChI is InChI=1S/C29H31FN2O2/c1-22(34-28-13-12-23(21-31)20-27(28)30)14-17-32-18-15-26(16-19-32)29(33,24-8-4-2-5-9-24)25-10-6-3-7-11-25/h2-13,20,22,26,33H,14-19H2,1H3. The molecule has 1 unspecified atom stereocenters. The molecule has 5 heteroatoms. The lowest BCUT2D eigenvalue weighted by molar-refractivity contribution is -0.0152. The van der Waals surface area contributed by atoms with Crippen molar-refractivity contribution in [2.75, 3.05) is 19.6 Å². The third kappa shape index (κ3) is 5.30. The van der Waals surface area contributed by atoms with E-state index in [9.17, 15) is 9.50 Å². The number of likely N-dealkylation sites (tertiary alicyclic amines) is 1. The number of aliphatic hydroxyl groups is 1. The molecule has 0 spiro atoms. The molecule has 3 aromatic rings. The summed E-state index contributed by atoms with van der Waals surface area (Å²) in [6.07, 6.45) is 2.40. The molecule has 0 aromatic heterocycles. The topological polar surface area (TPSA) is 56.5 Å². The molecule has 4 nitrogen and oxygen atoms in total. The van der Waals surface area contributed by atoms with Gasteiger partial charge < -0.3 is 14.7 Å². The van der Waals surface area contributed by atoms with Crippen LogP contribution in [0.1, 0.15) is 42.9 Å². The van der Waals surface area contributed by atoms with Crippen molar-refractivity contribution in [1.29, 1.82) is 5.26 Å². The van der Waals surface area contributed by atoms with Gasteiger partial charge in [0.05, 0.1) is 17.7 Å². The summed E-state index contributed by atoms with van der Waals surface area (Å²) in [6.45, 7) is 4.57.